The van der Waals surface area contributed by atoms with Crippen molar-refractivity contribution in [2.45, 2.75) is 20.3 Å². The molecule has 52 valence electrons. The Kier molecular flexibility index (Phi) is 0.963. The summed E-state index contributed by atoms with van der Waals surface area (Å²) in [4.78, 5) is 0. The maximum absolute atomic E-state index is 3.47. The Bertz CT molecular complexity index is 129. The summed E-state index contributed by atoms with van der Waals surface area (Å²) in [5.74, 6) is 2.09. The molecule has 9 heavy (non-hydrogen) atoms. The van der Waals surface area contributed by atoms with E-state index in [2.05, 4.69) is 19.2 Å². The summed E-state index contributed by atoms with van der Waals surface area (Å²) in [6, 6.07) is 0. The largest absolute Gasteiger partial charge is 0.316 e. The molecular formula is C8H15N. The minimum Gasteiger partial charge on any atom is -0.316 e. The highest BCUT2D eigenvalue weighted by Gasteiger charge is 2.49. The van der Waals surface area contributed by atoms with E-state index in [9.17, 15) is 0 Å². The van der Waals surface area contributed by atoms with Crippen LogP contribution in [0.1, 0.15) is 20.3 Å². The van der Waals surface area contributed by atoms with E-state index in [1.807, 2.05) is 0 Å². The van der Waals surface area contributed by atoms with E-state index >= 15 is 0 Å². The van der Waals surface area contributed by atoms with Crippen molar-refractivity contribution in [3.05, 3.63) is 0 Å². The molecule has 2 rings (SSSR count). The van der Waals surface area contributed by atoms with Crippen molar-refractivity contribution in [1.29, 1.82) is 0 Å². The van der Waals surface area contributed by atoms with Gasteiger partial charge in [-0.1, -0.05) is 13.8 Å². The third-order valence-electron chi connectivity index (χ3n) is 2.91. The van der Waals surface area contributed by atoms with Crippen molar-refractivity contribution < 1.29 is 0 Å². The molecule has 0 aromatic heterocycles. The van der Waals surface area contributed by atoms with E-state index < -0.39 is 0 Å². The first-order chi connectivity index (χ1) is 4.20. The van der Waals surface area contributed by atoms with E-state index in [1.54, 1.807) is 0 Å². The van der Waals surface area contributed by atoms with Crippen LogP contribution in [-0.2, 0) is 0 Å². The van der Waals surface area contributed by atoms with Crippen molar-refractivity contribution in [3.8, 4) is 0 Å². The molecular weight excluding hydrogens is 110 g/mol. The lowest BCUT2D eigenvalue weighted by atomic mass is 9.84. The molecule has 0 radical (unpaired) electrons. The first kappa shape index (κ1) is 5.72. The smallest absolute Gasteiger partial charge is 0.000540 e. The summed E-state index contributed by atoms with van der Waals surface area (Å²) in [7, 11) is 0. The summed E-state index contributed by atoms with van der Waals surface area (Å²) < 4.78 is 0. The summed E-state index contributed by atoms with van der Waals surface area (Å²) in [6.45, 7) is 7.27. The molecule has 2 aliphatic rings. The Morgan fingerprint density at radius 3 is 2.78 bits per heavy atom. The molecule has 1 aliphatic heterocycles. The number of fused-ring (bicyclic) bond motifs is 1. The topological polar surface area (TPSA) is 12.0 Å². The Hall–Kier alpha value is -0.0400. The van der Waals surface area contributed by atoms with Crippen LogP contribution in [0.4, 0.5) is 0 Å². The maximum Gasteiger partial charge on any atom is 0.000540 e. The summed E-state index contributed by atoms with van der Waals surface area (Å²) in [5, 5.41) is 3.47. The van der Waals surface area contributed by atoms with Crippen molar-refractivity contribution in [3.63, 3.8) is 0 Å². The van der Waals surface area contributed by atoms with E-state index in [1.165, 1.54) is 19.5 Å². The summed E-state index contributed by atoms with van der Waals surface area (Å²) >= 11 is 0. The fourth-order valence-corrected chi connectivity index (χ4v) is 2.14. The van der Waals surface area contributed by atoms with Gasteiger partial charge in [-0.15, -0.1) is 0 Å². The first-order valence-corrected chi connectivity index (χ1v) is 3.91. The lowest BCUT2D eigenvalue weighted by Gasteiger charge is -2.29. The van der Waals surface area contributed by atoms with Gasteiger partial charge < -0.3 is 5.32 Å². The highest BCUT2D eigenvalue weighted by molar-refractivity contribution is 5.01. The summed E-state index contributed by atoms with van der Waals surface area (Å²) in [6.07, 6.45) is 1.49. The van der Waals surface area contributed by atoms with Gasteiger partial charge in [-0.25, -0.2) is 0 Å². The third-order valence-corrected chi connectivity index (χ3v) is 2.91. The molecule has 1 heteroatoms. The van der Waals surface area contributed by atoms with Crippen LogP contribution in [0.15, 0.2) is 0 Å². The normalized spacial score (nSPS) is 46.0. The van der Waals surface area contributed by atoms with Gasteiger partial charge in [0, 0.05) is 6.54 Å². The second-order valence-corrected chi connectivity index (χ2v) is 4.22. The Labute approximate surface area is 56.8 Å². The van der Waals surface area contributed by atoms with E-state index in [-0.39, 0.29) is 0 Å². The predicted octanol–water partition coefficient (Wildman–Crippen LogP) is 1.25. The average molecular weight is 125 g/mol. The van der Waals surface area contributed by atoms with Gasteiger partial charge in [0.2, 0.25) is 0 Å². The molecule has 1 aliphatic carbocycles. The molecule has 0 spiro atoms. The molecule has 1 heterocycles. The van der Waals surface area contributed by atoms with Crippen LogP contribution < -0.4 is 5.32 Å². The first-order valence-electron chi connectivity index (χ1n) is 3.91. The SMILES string of the molecule is CC1(C)CNCC2CC21. The fourth-order valence-electron chi connectivity index (χ4n) is 2.14. The van der Waals surface area contributed by atoms with Crippen LogP contribution in [0.2, 0.25) is 0 Å². The number of hydrogen-bond donors (Lipinski definition) is 1. The molecule has 1 nitrogen and oxygen atoms in total. The molecule has 2 atom stereocenters. The van der Waals surface area contributed by atoms with Crippen LogP contribution in [0.25, 0.3) is 0 Å². The number of nitrogens with one attached hydrogen (secondary N) is 1. The van der Waals surface area contributed by atoms with E-state index in [4.69, 9.17) is 0 Å². The van der Waals surface area contributed by atoms with Gasteiger partial charge in [-0.2, -0.15) is 0 Å². The van der Waals surface area contributed by atoms with Gasteiger partial charge in [0.25, 0.3) is 0 Å². The van der Waals surface area contributed by atoms with E-state index in [0.717, 1.165) is 11.8 Å². The van der Waals surface area contributed by atoms with Gasteiger partial charge in [0.1, 0.15) is 0 Å². The number of piperidine rings is 1. The molecule has 0 bridgehead atoms. The molecule has 1 saturated heterocycles. The maximum atomic E-state index is 3.47. The number of rotatable bonds is 0. The van der Waals surface area contributed by atoms with Crippen molar-refractivity contribution in [2.24, 2.45) is 17.3 Å². The zero-order chi connectivity index (χ0) is 6.48. The monoisotopic (exact) mass is 125 g/mol. The van der Waals surface area contributed by atoms with Crippen molar-refractivity contribution in [1.82, 2.24) is 5.32 Å². The lowest BCUT2D eigenvalue weighted by molar-refractivity contribution is 0.241. The zero-order valence-corrected chi connectivity index (χ0v) is 6.28. The second-order valence-electron chi connectivity index (χ2n) is 4.22. The van der Waals surface area contributed by atoms with Crippen molar-refractivity contribution in [2.75, 3.05) is 13.1 Å². The molecule has 2 unspecified atom stereocenters. The average Bonchev–Trinajstić information content (AvgIpc) is 2.43. The van der Waals surface area contributed by atoms with Gasteiger partial charge in [0.05, 0.1) is 0 Å². The van der Waals surface area contributed by atoms with Crippen LogP contribution in [0.5, 0.6) is 0 Å². The van der Waals surface area contributed by atoms with Gasteiger partial charge >= 0.3 is 0 Å². The standard InChI is InChI=1S/C8H15N/c1-8(2)5-9-4-6-3-7(6)8/h6-7,9H,3-5H2,1-2H3. The van der Waals surface area contributed by atoms with Gasteiger partial charge in [-0.3, -0.25) is 0 Å². The Balaban J connectivity index is 2.09. The van der Waals surface area contributed by atoms with Gasteiger partial charge in [-0.05, 0) is 30.2 Å². The van der Waals surface area contributed by atoms with E-state index in [0.29, 0.717) is 5.41 Å². The Morgan fingerprint density at radius 2 is 2.22 bits per heavy atom. The van der Waals surface area contributed by atoms with Gasteiger partial charge in [0.15, 0.2) is 0 Å². The predicted molar refractivity (Wildman–Crippen MR) is 38.2 cm³/mol. The lowest BCUT2D eigenvalue weighted by Crippen LogP contribution is -2.37. The molecule has 0 aromatic rings. The molecule has 2 fully saturated rings. The molecule has 0 aromatic carbocycles. The second kappa shape index (κ2) is 1.51. The highest BCUT2D eigenvalue weighted by atomic mass is 14.9. The molecule has 1 saturated carbocycles. The fraction of sp³-hybridized carbons (Fsp3) is 1.00. The quantitative estimate of drug-likeness (QED) is 0.514. The van der Waals surface area contributed by atoms with Crippen molar-refractivity contribution >= 4 is 0 Å². The summed E-state index contributed by atoms with van der Waals surface area (Å²) in [5.41, 5.74) is 0.600. The minimum atomic E-state index is 0.600. The number of hydrogen-bond acceptors (Lipinski definition) is 1. The molecule has 1 N–H and O–H groups in total. The minimum absolute atomic E-state index is 0.600. The zero-order valence-electron chi connectivity index (χ0n) is 6.28. The molecule has 0 amide bonds. The Morgan fingerprint density at radius 1 is 1.44 bits per heavy atom. The van der Waals surface area contributed by atoms with Crippen LogP contribution in [0, 0.1) is 17.3 Å². The highest BCUT2D eigenvalue weighted by Crippen LogP contribution is 2.52. The van der Waals surface area contributed by atoms with Crippen LogP contribution in [-0.4, -0.2) is 13.1 Å². The van der Waals surface area contributed by atoms with Crippen LogP contribution >= 0.6 is 0 Å². The third kappa shape index (κ3) is 0.787. The van der Waals surface area contributed by atoms with Crippen LogP contribution in [0.3, 0.4) is 0 Å².